The summed E-state index contributed by atoms with van der Waals surface area (Å²) in [5.74, 6) is -1.42. The summed E-state index contributed by atoms with van der Waals surface area (Å²) in [5, 5.41) is 2.79. The van der Waals surface area contributed by atoms with E-state index in [9.17, 15) is 14.4 Å². The second-order valence-electron chi connectivity index (χ2n) is 5.87. The van der Waals surface area contributed by atoms with E-state index in [1.807, 2.05) is 7.05 Å². The lowest BCUT2D eigenvalue weighted by Gasteiger charge is -2.28. The first-order valence-electron chi connectivity index (χ1n) is 7.75. The van der Waals surface area contributed by atoms with Gasteiger partial charge in [0.2, 0.25) is 5.91 Å². The van der Waals surface area contributed by atoms with E-state index in [0.29, 0.717) is 12.2 Å². The first kappa shape index (κ1) is 17.9. The van der Waals surface area contributed by atoms with Gasteiger partial charge in [-0.05, 0) is 44.6 Å². The number of benzene rings is 1. The summed E-state index contributed by atoms with van der Waals surface area (Å²) in [6.45, 7) is 1.67. The fourth-order valence-electron chi connectivity index (χ4n) is 2.80. The van der Waals surface area contributed by atoms with Crippen LogP contribution < -0.4 is 5.32 Å². The van der Waals surface area contributed by atoms with Gasteiger partial charge in [-0.1, -0.05) is 0 Å². The Kier molecular flexibility index (Phi) is 5.92. The molecule has 1 aliphatic rings. The summed E-state index contributed by atoms with van der Waals surface area (Å²) < 4.78 is 9.37. The molecule has 1 aromatic rings. The largest absolute Gasteiger partial charge is 0.465 e. The third-order valence-electron chi connectivity index (χ3n) is 4.04. The molecule has 1 fully saturated rings. The van der Waals surface area contributed by atoms with Gasteiger partial charge in [0.15, 0.2) is 0 Å². The molecule has 1 saturated heterocycles. The third-order valence-corrected chi connectivity index (χ3v) is 4.04. The number of carbonyl (C=O) groups is 3. The molecule has 0 saturated carbocycles. The minimum atomic E-state index is -0.589. The van der Waals surface area contributed by atoms with Crippen LogP contribution in [0.5, 0.6) is 0 Å². The van der Waals surface area contributed by atoms with E-state index >= 15 is 0 Å². The number of piperidine rings is 1. The van der Waals surface area contributed by atoms with Gasteiger partial charge in [-0.25, -0.2) is 9.59 Å². The number of anilines is 1. The van der Waals surface area contributed by atoms with Crippen LogP contribution >= 0.6 is 0 Å². The molecule has 0 radical (unpaired) electrons. The number of methoxy groups -OCH3 is 2. The van der Waals surface area contributed by atoms with E-state index in [1.54, 1.807) is 0 Å². The number of nitrogens with one attached hydrogen (secondary N) is 1. The molecule has 1 unspecified atom stereocenters. The molecule has 1 amide bonds. The van der Waals surface area contributed by atoms with Crippen LogP contribution in [0.25, 0.3) is 0 Å². The molecule has 0 spiro atoms. The molecule has 7 heteroatoms. The Labute approximate surface area is 140 Å². The Morgan fingerprint density at radius 2 is 1.67 bits per heavy atom. The van der Waals surface area contributed by atoms with E-state index in [4.69, 9.17) is 0 Å². The average Bonchev–Trinajstić information content (AvgIpc) is 2.59. The molecule has 130 valence electrons. The van der Waals surface area contributed by atoms with Gasteiger partial charge in [0, 0.05) is 12.2 Å². The normalized spacial score (nSPS) is 17.9. The van der Waals surface area contributed by atoms with Crippen LogP contribution in [0.15, 0.2) is 18.2 Å². The van der Waals surface area contributed by atoms with E-state index < -0.39 is 11.9 Å². The fourth-order valence-corrected chi connectivity index (χ4v) is 2.80. The minimum Gasteiger partial charge on any atom is -0.465 e. The molecule has 1 aliphatic heterocycles. The lowest BCUT2D eigenvalue weighted by atomic mass is 9.97. The Hall–Kier alpha value is -2.41. The van der Waals surface area contributed by atoms with Crippen LogP contribution in [0.2, 0.25) is 0 Å². The van der Waals surface area contributed by atoms with Crippen molar-refractivity contribution in [2.45, 2.75) is 12.8 Å². The Balaban J connectivity index is 2.23. The maximum absolute atomic E-state index is 12.4. The van der Waals surface area contributed by atoms with E-state index in [0.717, 1.165) is 19.4 Å². The van der Waals surface area contributed by atoms with Crippen LogP contribution in [0.1, 0.15) is 33.6 Å². The first-order chi connectivity index (χ1) is 11.4. The summed E-state index contributed by atoms with van der Waals surface area (Å²) in [7, 11) is 4.49. The average molecular weight is 334 g/mol. The third kappa shape index (κ3) is 4.32. The summed E-state index contributed by atoms with van der Waals surface area (Å²) in [4.78, 5) is 38.1. The Morgan fingerprint density at radius 1 is 1.08 bits per heavy atom. The van der Waals surface area contributed by atoms with E-state index in [-0.39, 0.29) is 23.0 Å². The van der Waals surface area contributed by atoms with Crippen molar-refractivity contribution in [3.05, 3.63) is 29.3 Å². The van der Waals surface area contributed by atoms with Crippen molar-refractivity contribution in [3.63, 3.8) is 0 Å². The predicted octanol–water partition coefficient (Wildman–Crippen LogP) is 1.54. The zero-order chi connectivity index (χ0) is 17.7. The van der Waals surface area contributed by atoms with Crippen molar-refractivity contribution in [1.29, 1.82) is 0 Å². The SMILES string of the molecule is COC(=O)c1cc(NC(=O)C2CCCN(C)C2)cc(C(=O)OC)c1. The van der Waals surface area contributed by atoms with Crippen LogP contribution in [-0.2, 0) is 14.3 Å². The maximum atomic E-state index is 12.4. The predicted molar refractivity (Wildman–Crippen MR) is 88.0 cm³/mol. The van der Waals surface area contributed by atoms with Crippen LogP contribution in [0, 0.1) is 5.92 Å². The van der Waals surface area contributed by atoms with E-state index in [2.05, 4.69) is 19.7 Å². The van der Waals surface area contributed by atoms with Gasteiger partial charge in [-0.2, -0.15) is 0 Å². The lowest BCUT2D eigenvalue weighted by molar-refractivity contribution is -0.121. The zero-order valence-corrected chi connectivity index (χ0v) is 14.1. The fraction of sp³-hybridized carbons (Fsp3) is 0.471. The molecular weight excluding hydrogens is 312 g/mol. The summed E-state index contributed by atoms with van der Waals surface area (Å²) >= 11 is 0. The van der Waals surface area contributed by atoms with Crippen molar-refractivity contribution >= 4 is 23.5 Å². The molecule has 0 bridgehead atoms. The van der Waals surface area contributed by atoms with Gasteiger partial charge in [-0.3, -0.25) is 4.79 Å². The van der Waals surface area contributed by atoms with Crippen molar-refractivity contribution in [1.82, 2.24) is 4.90 Å². The highest BCUT2D eigenvalue weighted by Crippen LogP contribution is 2.20. The molecule has 1 aromatic carbocycles. The molecule has 7 nitrogen and oxygen atoms in total. The van der Waals surface area contributed by atoms with Crippen molar-refractivity contribution in [2.24, 2.45) is 5.92 Å². The molecule has 24 heavy (non-hydrogen) atoms. The molecule has 1 heterocycles. The lowest BCUT2D eigenvalue weighted by Crippen LogP contribution is -2.38. The number of hydrogen-bond donors (Lipinski definition) is 1. The highest BCUT2D eigenvalue weighted by Gasteiger charge is 2.24. The number of hydrogen-bond acceptors (Lipinski definition) is 6. The van der Waals surface area contributed by atoms with Gasteiger partial charge < -0.3 is 19.7 Å². The summed E-state index contributed by atoms with van der Waals surface area (Å²) in [5.41, 5.74) is 0.726. The maximum Gasteiger partial charge on any atom is 0.337 e. The van der Waals surface area contributed by atoms with Gasteiger partial charge in [0.25, 0.3) is 0 Å². The summed E-state index contributed by atoms with van der Waals surface area (Å²) in [6, 6.07) is 4.35. The minimum absolute atomic E-state index is 0.118. The van der Waals surface area contributed by atoms with Gasteiger partial charge in [-0.15, -0.1) is 0 Å². The summed E-state index contributed by atoms with van der Waals surface area (Å²) in [6.07, 6.45) is 1.78. The van der Waals surface area contributed by atoms with Crippen LogP contribution in [0.3, 0.4) is 0 Å². The number of carbonyl (C=O) groups excluding carboxylic acids is 3. The van der Waals surface area contributed by atoms with Gasteiger partial charge in [0.1, 0.15) is 0 Å². The number of esters is 2. The van der Waals surface area contributed by atoms with Crippen molar-refractivity contribution in [2.75, 3.05) is 39.7 Å². The molecule has 0 aliphatic carbocycles. The Bertz CT molecular complexity index is 610. The molecule has 1 atom stereocenters. The number of ether oxygens (including phenoxy) is 2. The van der Waals surface area contributed by atoms with Crippen LogP contribution in [-0.4, -0.2) is 57.1 Å². The molecule has 0 aromatic heterocycles. The van der Waals surface area contributed by atoms with Crippen molar-refractivity contribution < 1.29 is 23.9 Å². The van der Waals surface area contributed by atoms with Gasteiger partial charge >= 0.3 is 11.9 Å². The highest BCUT2D eigenvalue weighted by molar-refractivity contribution is 6.00. The monoisotopic (exact) mass is 334 g/mol. The number of likely N-dealkylation sites (tertiary alicyclic amines) is 1. The topological polar surface area (TPSA) is 84.9 Å². The van der Waals surface area contributed by atoms with Crippen LogP contribution in [0.4, 0.5) is 5.69 Å². The standard InChI is InChI=1S/C17H22N2O5/c1-19-6-4-5-11(10-19)15(20)18-14-8-12(16(21)23-2)7-13(9-14)17(22)24-3/h7-9,11H,4-6,10H2,1-3H3,(H,18,20). The first-order valence-corrected chi connectivity index (χ1v) is 7.75. The number of rotatable bonds is 4. The number of amides is 1. The quantitative estimate of drug-likeness (QED) is 0.841. The van der Waals surface area contributed by atoms with Crippen molar-refractivity contribution in [3.8, 4) is 0 Å². The smallest absolute Gasteiger partial charge is 0.337 e. The molecule has 1 N–H and O–H groups in total. The molecule has 2 rings (SSSR count). The zero-order valence-electron chi connectivity index (χ0n) is 14.1. The highest BCUT2D eigenvalue weighted by atomic mass is 16.5. The number of nitrogens with zero attached hydrogens (tertiary/aromatic N) is 1. The molecular formula is C17H22N2O5. The van der Waals surface area contributed by atoms with E-state index in [1.165, 1.54) is 32.4 Å². The second kappa shape index (κ2) is 7.92. The Morgan fingerprint density at radius 3 is 2.17 bits per heavy atom. The second-order valence-corrected chi connectivity index (χ2v) is 5.87. The van der Waals surface area contributed by atoms with Gasteiger partial charge in [0.05, 0.1) is 31.3 Å².